The maximum atomic E-state index is 12.0. The molecule has 0 aliphatic carbocycles. The van der Waals surface area contributed by atoms with Gasteiger partial charge < -0.3 is 0 Å². The number of alkyl halides is 4. The lowest BCUT2D eigenvalue weighted by Gasteiger charge is -2.03. The van der Waals surface area contributed by atoms with Crippen LogP contribution in [-0.2, 0) is 0 Å². The van der Waals surface area contributed by atoms with E-state index in [1.165, 1.54) is 6.08 Å². The van der Waals surface area contributed by atoms with E-state index < -0.39 is 12.6 Å². The molecule has 0 saturated heterocycles. The first-order valence-electron chi connectivity index (χ1n) is 2.80. The molecule has 0 aromatic carbocycles. The van der Waals surface area contributed by atoms with Crippen molar-refractivity contribution in [3.05, 3.63) is 12.2 Å². The van der Waals surface area contributed by atoms with E-state index in [0.717, 1.165) is 0 Å². The minimum absolute atomic E-state index is 0.496. The number of allylic oxidation sites excluding steroid dienone is 2. The fourth-order valence-electron chi connectivity index (χ4n) is 0.363. The van der Waals surface area contributed by atoms with Crippen LogP contribution in [0.3, 0.4) is 0 Å². The van der Waals surface area contributed by atoms with Gasteiger partial charge >= 0.3 is 0 Å². The Balaban J connectivity index is 3.63. The highest BCUT2D eigenvalue weighted by atomic mass is 79.9. The lowest BCUT2D eigenvalue weighted by atomic mass is 10.3. The van der Waals surface area contributed by atoms with Crippen molar-refractivity contribution in [2.75, 3.05) is 12.0 Å². The van der Waals surface area contributed by atoms with E-state index in [9.17, 15) is 13.2 Å². The zero-order chi connectivity index (χ0) is 8.04. The molecule has 0 aromatic heterocycles. The second kappa shape index (κ2) is 4.77. The van der Waals surface area contributed by atoms with E-state index in [4.69, 9.17) is 0 Å². The number of hydrogen-bond donors (Lipinski definition) is 0. The predicted octanol–water partition coefficient (Wildman–Crippen LogP) is 2.93. The molecule has 0 nitrogen and oxygen atoms in total. The third-order valence-corrected chi connectivity index (χ3v) is 1.27. The molecule has 0 aliphatic rings. The first-order chi connectivity index (χ1) is 4.62. The molecule has 4 heteroatoms. The average Bonchev–Trinajstić information content (AvgIpc) is 1.89. The van der Waals surface area contributed by atoms with Crippen LogP contribution < -0.4 is 0 Å². The Morgan fingerprint density at radius 1 is 1.40 bits per heavy atom. The van der Waals surface area contributed by atoms with Crippen LogP contribution in [-0.4, -0.2) is 17.9 Å². The molecule has 0 aromatic rings. The summed E-state index contributed by atoms with van der Waals surface area (Å²) in [4.78, 5) is 0. The highest BCUT2D eigenvalue weighted by Gasteiger charge is 2.23. The van der Waals surface area contributed by atoms with Gasteiger partial charge in [0.05, 0.1) is 0 Å². The summed E-state index contributed by atoms with van der Waals surface area (Å²) in [5.41, 5.74) is 0. The van der Waals surface area contributed by atoms with Crippen molar-refractivity contribution >= 4 is 15.9 Å². The van der Waals surface area contributed by atoms with E-state index in [2.05, 4.69) is 15.9 Å². The Bertz CT molecular complexity index is 112. The molecule has 0 N–H and O–H groups in total. The quantitative estimate of drug-likeness (QED) is 0.501. The molecule has 0 rings (SSSR count). The van der Waals surface area contributed by atoms with Gasteiger partial charge in [0.2, 0.25) is 0 Å². The van der Waals surface area contributed by atoms with Crippen LogP contribution in [0.4, 0.5) is 13.2 Å². The second-order valence-corrected chi connectivity index (χ2v) is 2.57. The van der Waals surface area contributed by atoms with Gasteiger partial charge in [-0.05, 0) is 12.5 Å². The molecule has 0 bridgehead atoms. The molecule has 0 amide bonds. The average molecular weight is 217 g/mol. The zero-order valence-corrected chi connectivity index (χ0v) is 6.87. The summed E-state index contributed by atoms with van der Waals surface area (Å²) in [6, 6.07) is 0. The third-order valence-electron chi connectivity index (χ3n) is 0.816. The summed E-state index contributed by atoms with van der Waals surface area (Å²) < 4.78 is 35.4. The van der Waals surface area contributed by atoms with Crippen molar-refractivity contribution in [2.45, 2.75) is 12.3 Å². The molecule has 0 aliphatic heterocycles. The summed E-state index contributed by atoms with van der Waals surface area (Å²) in [6.07, 6.45) is 2.35. The molecular formula is C6H8BrF3. The van der Waals surface area contributed by atoms with E-state index in [1.54, 1.807) is 0 Å². The van der Waals surface area contributed by atoms with E-state index in [-0.39, 0.29) is 0 Å². The smallest absolute Gasteiger partial charge is 0.244 e. The Morgan fingerprint density at radius 2 is 2.00 bits per heavy atom. The normalized spacial score (nSPS) is 12.8. The van der Waals surface area contributed by atoms with Crippen LogP contribution >= 0.6 is 15.9 Å². The van der Waals surface area contributed by atoms with Crippen LogP contribution in [0.1, 0.15) is 6.42 Å². The third kappa shape index (κ3) is 4.85. The fourth-order valence-corrected chi connectivity index (χ4v) is 0.628. The molecular weight excluding hydrogens is 209 g/mol. The van der Waals surface area contributed by atoms with Gasteiger partial charge in [0, 0.05) is 5.33 Å². The largest absolute Gasteiger partial charge is 0.294 e. The topological polar surface area (TPSA) is 0 Å². The molecule has 0 spiro atoms. The van der Waals surface area contributed by atoms with Gasteiger partial charge in [0.25, 0.3) is 5.92 Å². The summed E-state index contributed by atoms with van der Waals surface area (Å²) >= 11 is 3.05. The number of hydrogen-bond acceptors (Lipinski definition) is 0. The Morgan fingerprint density at radius 3 is 2.40 bits per heavy atom. The van der Waals surface area contributed by atoms with E-state index >= 15 is 0 Å². The van der Waals surface area contributed by atoms with Crippen molar-refractivity contribution < 1.29 is 13.2 Å². The van der Waals surface area contributed by atoms with Gasteiger partial charge in [-0.1, -0.05) is 22.0 Å². The SMILES string of the molecule is FCC(F)(F)C=CCCBr. The number of halogens is 4. The van der Waals surface area contributed by atoms with E-state index in [0.29, 0.717) is 17.8 Å². The van der Waals surface area contributed by atoms with Crippen LogP contribution in [0.15, 0.2) is 12.2 Å². The van der Waals surface area contributed by atoms with Gasteiger partial charge in [0.15, 0.2) is 6.67 Å². The number of rotatable bonds is 4. The maximum absolute atomic E-state index is 12.0. The van der Waals surface area contributed by atoms with Gasteiger partial charge in [-0.25, -0.2) is 4.39 Å². The standard InChI is InChI=1S/C6H8BrF3/c7-4-2-1-3-6(9,10)5-8/h1,3H,2,4-5H2. The second-order valence-electron chi connectivity index (χ2n) is 1.77. The molecule has 0 saturated carbocycles. The van der Waals surface area contributed by atoms with Crippen LogP contribution in [0.5, 0.6) is 0 Å². The Labute approximate surface area is 66.2 Å². The molecule has 0 unspecified atom stereocenters. The van der Waals surface area contributed by atoms with Crippen LogP contribution in [0.25, 0.3) is 0 Å². The van der Waals surface area contributed by atoms with Gasteiger partial charge in [-0.2, -0.15) is 8.78 Å². The molecule has 0 fully saturated rings. The van der Waals surface area contributed by atoms with Crippen molar-refractivity contribution in [1.29, 1.82) is 0 Å². The first kappa shape index (κ1) is 10.0. The predicted molar refractivity (Wildman–Crippen MR) is 38.5 cm³/mol. The highest BCUT2D eigenvalue weighted by molar-refractivity contribution is 9.09. The Kier molecular flexibility index (Phi) is 4.77. The van der Waals surface area contributed by atoms with E-state index in [1.807, 2.05) is 0 Å². The monoisotopic (exact) mass is 216 g/mol. The summed E-state index contributed by atoms with van der Waals surface area (Å²) in [7, 11) is 0. The lowest BCUT2D eigenvalue weighted by molar-refractivity contribution is 0.0274. The van der Waals surface area contributed by atoms with Crippen LogP contribution in [0.2, 0.25) is 0 Å². The van der Waals surface area contributed by atoms with Crippen LogP contribution in [0, 0.1) is 0 Å². The van der Waals surface area contributed by atoms with Crippen molar-refractivity contribution in [3.8, 4) is 0 Å². The fraction of sp³-hybridized carbons (Fsp3) is 0.667. The molecule has 0 atom stereocenters. The highest BCUT2D eigenvalue weighted by Crippen LogP contribution is 2.15. The molecule has 60 valence electrons. The van der Waals surface area contributed by atoms with Gasteiger partial charge in [0.1, 0.15) is 0 Å². The molecule has 0 heterocycles. The van der Waals surface area contributed by atoms with Crippen molar-refractivity contribution in [1.82, 2.24) is 0 Å². The summed E-state index contributed by atoms with van der Waals surface area (Å²) in [5.74, 6) is -3.28. The Hall–Kier alpha value is 0.01000. The minimum Gasteiger partial charge on any atom is -0.244 e. The first-order valence-corrected chi connectivity index (χ1v) is 3.92. The summed E-state index contributed by atoms with van der Waals surface area (Å²) in [6.45, 7) is -1.62. The zero-order valence-electron chi connectivity index (χ0n) is 5.29. The summed E-state index contributed by atoms with van der Waals surface area (Å²) in [5, 5.41) is 0.617. The van der Waals surface area contributed by atoms with Gasteiger partial charge in [-0.3, -0.25) is 0 Å². The van der Waals surface area contributed by atoms with Crippen molar-refractivity contribution in [2.24, 2.45) is 0 Å². The molecule has 0 radical (unpaired) electrons. The maximum Gasteiger partial charge on any atom is 0.294 e. The van der Waals surface area contributed by atoms with Gasteiger partial charge in [-0.15, -0.1) is 0 Å². The molecule has 10 heavy (non-hydrogen) atoms. The van der Waals surface area contributed by atoms with Crippen molar-refractivity contribution in [3.63, 3.8) is 0 Å². The minimum atomic E-state index is -3.28. The lowest BCUT2D eigenvalue weighted by Crippen LogP contribution is -2.14.